The number of methoxy groups -OCH3 is 1. The highest BCUT2D eigenvalue weighted by molar-refractivity contribution is 5.77. The van der Waals surface area contributed by atoms with Gasteiger partial charge in [-0.1, -0.05) is 42.7 Å². The van der Waals surface area contributed by atoms with Crippen molar-refractivity contribution in [1.82, 2.24) is 5.32 Å². The molecule has 1 atom stereocenters. The summed E-state index contributed by atoms with van der Waals surface area (Å²) in [5, 5.41) is 3.43. The standard InChI is InChI=1S/C15H21NO2/c1-11-7-9-12(10-8-11)14(15(17)18-2)16-13-5-3-4-6-13/h7-10,13-14,16H,3-6H2,1-2H3. The number of carbonyl (C=O) groups is 1. The number of nitrogens with one attached hydrogen (secondary N) is 1. The number of hydrogen-bond donors (Lipinski definition) is 1. The Morgan fingerprint density at radius 1 is 1.28 bits per heavy atom. The van der Waals surface area contributed by atoms with Crippen LogP contribution < -0.4 is 5.32 Å². The van der Waals surface area contributed by atoms with Crippen LogP contribution in [0, 0.1) is 6.92 Å². The molecule has 0 bridgehead atoms. The number of carbonyl (C=O) groups excluding carboxylic acids is 1. The molecule has 1 unspecified atom stereocenters. The summed E-state index contributed by atoms with van der Waals surface area (Å²) in [5.74, 6) is -0.203. The molecule has 3 heteroatoms. The molecule has 0 heterocycles. The van der Waals surface area contributed by atoms with Gasteiger partial charge in [-0.25, -0.2) is 4.79 Å². The fraction of sp³-hybridized carbons (Fsp3) is 0.533. The van der Waals surface area contributed by atoms with E-state index >= 15 is 0 Å². The van der Waals surface area contributed by atoms with Gasteiger partial charge in [0.15, 0.2) is 0 Å². The highest BCUT2D eigenvalue weighted by Gasteiger charge is 2.26. The van der Waals surface area contributed by atoms with Gasteiger partial charge in [0.2, 0.25) is 0 Å². The molecule has 1 fully saturated rings. The van der Waals surface area contributed by atoms with Crippen LogP contribution in [0.4, 0.5) is 0 Å². The van der Waals surface area contributed by atoms with E-state index in [9.17, 15) is 4.79 Å². The van der Waals surface area contributed by atoms with E-state index in [-0.39, 0.29) is 12.0 Å². The van der Waals surface area contributed by atoms with Gasteiger partial charge in [0, 0.05) is 6.04 Å². The molecular formula is C15H21NO2. The Morgan fingerprint density at radius 3 is 2.44 bits per heavy atom. The van der Waals surface area contributed by atoms with E-state index in [1.54, 1.807) is 0 Å². The van der Waals surface area contributed by atoms with Crippen molar-refractivity contribution < 1.29 is 9.53 Å². The first-order chi connectivity index (χ1) is 8.70. The van der Waals surface area contributed by atoms with Gasteiger partial charge in [-0.15, -0.1) is 0 Å². The lowest BCUT2D eigenvalue weighted by atomic mass is 10.0. The van der Waals surface area contributed by atoms with Crippen LogP contribution in [0.3, 0.4) is 0 Å². The van der Waals surface area contributed by atoms with Gasteiger partial charge in [0.25, 0.3) is 0 Å². The Labute approximate surface area is 109 Å². The Balaban J connectivity index is 2.13. The van der Waals surface area contributed by atoms with Crippen molar-refractivity contribution in [2.45, 2.75) is 44.7 Å². The van der Waals surface area contributed by atoms with E-state index in [0.29, 0.717) is 6.04 Å². The minimum absolute atomic E-state index is 0.203. The van der Waals surface area contributed by atoms with E-state index in [2.05, 4.69) is 5.32 Å². The van der Waals surface area contributed by atoms with E-state index in [1.165, 1.54) is 25.5 Å². The summed E-state index contributed by atoms with van der Waals surface area (Å²) in [5.41, 5.74) is 2.18. The average Bonchev–Trinajstić information content (AvgIpc) is 2.89. The van der Waals surface area contributed by atoms with Crippen LogP contribution in [-0.4, -0.2) is 19.1 Å². The molecule has 1 N–H and O–H groups in total. The largest absolute Gasteiger partial charge is 0.468 e. The SMILES string of the molecule is COC(=O)C(NC1CCCC1)c1ccc(C)cc1. The van der Waals surface area contributed by atoms with Gasteiger partial charge in [-0.3, -0.25) is 5.32 Å². The first-order valence-corrected chi connectivity index (χ1v) is 6.61. The van der Waals surface area contributed by atoms with E-state index in [4.69, 9.17) is 4.74 Å². The molecule has 3 nitrogen and oxygen atoms in total. The van der Waals surface area contributed by atoms with Crippen LogP contribution in [0.5, 0.6) is 0 Å². The highest BCUT2D eigenvalue weighted by atomic mass is 16.5. The molecule has 0 aromatic heterocycles. The monoisotopic (exact) mass is 247 g/mol. The van der Waals surface area contributed by atoms with Crippen molar-refractivity contribution in [2.24, 2.45) is 0 Å². The number of ether oxygens (including phenoxy) is 1. The maximum absolute atomic E-state index is 11.9. The number of rotatable bonds is 4. The number of hydrogen-bond acceptors (Lipinski definition) is 3. The summed E-state index contributed by atoms with van der Waals surface area (Å²) >= 11 is 0. The van der Waals surface area contributed by atoms with Gasteiger partial charge in [0.05, 0.1) is 7.11 Å². The van der Waals surface area contributed by atoms with Gasteiger partial charge >= 0.3 is 5.97 Å². The minimum Gasteiger partial charge on any atom is -0.468 e. The predicted octanol–water partition coefficient (Wildman–Crippen LogP) is 2.74. The Hall–Kier alpha value is -1.35. The molecule has 1 aromatic rings. The summed E-state index contributed by atoms with van der Waals surface area (Å²) in [4.78, 5) is 11.9. The summed E-state index contributed by atoms with van der Waals surface area (Å²) in [6.07, 6.45) is 4.80. The second-order valence-electron chi connectivity index (χ2n) is 5.01. The lowest BCUT2D eigenvalue weighted by molar-refractivity contribution is -0.143. The van der Waals surface area contributed by atoms with Crippen molar-refractivity contribution >= 4 is 5.97 Å². The second-order valence-corrected chi connectivity index (χ2v) is 5.01. The third-order valence-corrected chi connectivity index (χ3v) is 3.61. The van der Waals surface area contributed by atoms with Gasteiger partial charge < -0.3 is 4.74 Å². The van der Waals surface area contributed by atoms with Crippen LogP contribution in [0.15, 0.2) is 24.3 Å². The normalized spacial score (nSPS) is 17.7. The molecule has 0 spiro atoms. The van der Waals surface area contributed by atoms with E-state index in [0.717, 1.165) is 18.4 Å². The van der Waals surface area contributed by atoms with Crippen molar-refractivity contribution in [1.29, 1.82) is 0 Å². The Morgan fingerprint density at radius 2 is 1.89 bits per heavy atom. The maximum Gasteiger partial charge on any atom is 0.327 e. The lowest BCUT2D eigenvalue weighted by Gasteiger charge is -2.21. The van der Waals surface area contributed by atoms with Crippen LogP contribution in [0.25, 0.3) is 0 Å². The molecule has 1 aliphatic rings. The van der Waals surface area contributed by atoms with E-state index in [1.807, 2.05) is 31.2 Å². The molecule has 1 saturated carbocycles. The average molecular weight is 247 g/mol. The molecule has 0 radical (unpaired) electrons. The predicted molar refractivity (Wildman–Crippen MR) is 71.3 cm³/mol. The second kappa shape index (κ2) is 6.01. The quantitative estimate of drug-likeness (QED) is 0.831. The molecular weight excluding hydrogens is 226 g/mol. The topological polar surface area (TPSA) is 38.3 Å². The molecule has 2 rings (SSSR count). The zero-order valence-electron chi connectivity index (χ0n) is 11.1. The molecule has 0 aliphatic heterocycles. The first kappa shape index (κ1) is 13.1. The van der Waals surface area contributed by atoms with Crippen molar-refractivity contribution in [3.63, 3.8) is 0 Å². The zero-order valence-corrected chi connectivity index (χ0v) is 11.1. The lowest BCUT2D eigenvalue weighted by Crippen LogP contribution is -2.36. The smallest absolute Gasteiger partial charge is 0.327 e. The summed E-state index contributed by atoms with van der Waals surface area (Å²) < 4.78 is 4.91. The minimum atomic E-state index is -0.335. The summed E-state index contributed by atoms with van der Waals surface area (Å²) in [7, 11) is 1.44. The molecule has 0 amide bonds. The van der Waals surface area contributed by atoms with Gasteiger partial charge in [-0.05, 0) is 25.3 Å². The molecule has 98 valence electrons. The molecule has 0 saturated heterocycles. The molecule has 1 aromatic carbocycles. The third-order valence-electron chi connectivity index (χ3n) is 3.61. The zero-order chi connectivity index (χ0) is 13.0. The number of benzene rings is 1. The van der Waals surface area contributed by atoms with Crippen molar-refractivity contribution in [2.75, 3.05) is 7.11 Å². The fourth-order valence-corrected chi connectivity index (χ4v) is 2.51. The number of aryl methyl sites for hydroxylation is 1. The third kappa shape index (κ3) is 3.10. The maximum atomic E-state index is 11.9. The number of esters is 1. The molecule has 18 heavy (non-hydrogen) atoms. The van der Waals surface area contributed by atoms with Crippen molar-refractivity contribution in [3.05, 3.63) is 35.4 Å². The summed E-state index contributed by atoms with van der Waals surface area (Å²) in [6, 6.07) is 8.16. The molecule has 1 aliphatic carbocycles. The van der Waals surface area contributed by atoms with Crippen LogP contribution in [-0.2, 0) is 9.53 Å². The fourth-order valence-electron chi connectivity index (χ4n) is 2.51. The van der Waals surface area contributed by atoms with Crippen LogP contribution in [0.1, 0.15) is 42.9 Å². The van der Waals surface area contributed by atoms with Gasteiger partial charge in [-0.2, -0.15) is 0 Å². The van der Waals surface area contributed by atoms with Gasteiger partial charge in [0.1, 0.15) is 6.04 Å². The summed E-state index contributed by atoms with van der Waals surface area (Å²) in [6.45, 7) is 2.04. The first-order valence-electron chi connectivity index (χ1n) is 6.61. The Kier molecular flexibility index (Phi) is 4.37. The van der Waals surface area contributed by atoms with Crippen LogP contribution >= 0.6 is 0 Å². The van der Waals surface area contributed by atoms with E-state index < -0.39 is 0 Å². The Bertz CT molecular complexity index is 393. The van der Waals surface area contributed by atoms with Crippen LogP contribution in [0.2, 0.25) is 0 Å². The highest BCUT2D eigenvalue weighted by Crippen LogP contribution is 2.23. The van der Waals surface area contributed by atoms with Crippen molar-refractivity contribution in [3.8, 4) is 0 Å².